The van der Waals surface area contributed by atoms with Crippen LogP contribution in [0.2, 0.25) is 0 Å². The van der Waals surface area contributed by atoms with Crippen molar-refractivity contribution in [1.82, 2.24) is 0 Å². The first-order valence-corrected chi connectivity index (χ1v) is 26.1. The van der Waals surface area contributed by atoms with Gasteiger partial charge in [-0.2, -0.15) is 0 Å². The molecule has 0 fully saturated rings. The van der Waals surface area contributed by atoms with E-state index in [1.807, 2.05) is 0 Å². The van der Waals surface area contributed by atoms with Gasteiger partial charge in [-0.15, -0.1) is 0 Å². The van der Waals surface area contributed by atoms with Gasteiger partial charge in [0, 0.05) is 12.8 Å². The Balaban J connectivity index is 3.60. The molecular formula is C59H96O5. The Bertz CT molecular complexity index is 1320. The highest BCUT2D eigenvalue weighted by Gasteiger charge is 2.16. The minimum absolute atomic E-state index is 0.0822. The number of carbonyl (C=O) groups is 2. The number of aliphatic hydroxyl groups is 1. The van der Waals surface area contributed by atoms with Crippen molar-refractivity contribution in [2.24, 2.45) is 0 Å². The van der Waals surface area contributed by atoms with Crippen molar-refractivity contribution in [1.29, 1.82) is 0 Å². The van der Waals surface area contributed by atoms with Gasteiger partial charge in [0.2, 0.25) is 0 Å². The van der Waals surface area contributed by atoms with Crippen molar-refractivity contribution in [3.8, 4) is 0 Å². The van der Waals surface area contributed by atoms with Gasteiger partial charge >= 0.3 is 11.9 Å². The molecule has 0 aliphatic heterocycles. The maximum Gasteiger partial charge on any atom is 0.306 e. The fourth-order valence-corrected chi connectivity index (χ4v) is 6.84. The minimum Gasteiger partial charge on any atom is -0.462 e. The molecule has 0 radical (unpaired) electrons. The zero-order valence-electron chi connectivity index (χ0n) is 41.2. The number of hydrogen-bond acceptors (Lipinski definition) is 5. The fourth-order valence-electron chi connectivity index (χ4n) is 6.84. The van der Waals surface area contributed by atoms with E-state index in [0.717, 1.165) is 109 Å². The Labute approximate surface area is 394 Å². The predicted molar refractivity (Wildman–Crippen MR) is 278 cm³/mol. The SMILES string of the molecule is CC/C=C\C/C=C\C/C=C\C/C=C\C/C=C\C/C=C\C/C=C\CCCCCCCCCCCC(=O)OC(CO)COC(=O)CCCCCCCC/C=C\C/C=C\C/C=C\CCCCC. The topological polar surface area (TPSA) is 72.8 Å². The van der Waals surface area contributed by atoms with Crippen molar-refractivity contribution >= 4 is 11.9 Å². The van der Waals surface area contributed by atoms with Crippen LogP contribution in [0.4, 0.5) is 0 Å². The second kappa shape index (κ2) is 53.6. The molecule has 0 aliphatic carbocycles. The summed E-state index contributed by atoms with van der Waals surface area (Å²) < 4.78 is 10.7. The maximum atomic E-state index is 12.3. The smallest absolute Gasteiger partial charge is 0.306 e. The highest BCUT2D eigenvalue weighted by Crippen LogP contribution is 2.13. The van der Waals surface area contributed by atoms with Crippen molar-refractivity contribution in [3.63, 3.8) is 0 Å². The molecule has 0 aromatic rings. The van der Waals surface area contributed by atoms with Crippen molar-refractivity contribution < 1.29 is 24.2 Å². The molecule has 362 valence electrons. The summed E-state index contributed by atoms with van der Waals surface area (Å²) in [7, 11) is 0. The van der Waals surface area contributed by atoms with Gasteiger partial charge in [-0.3, -0.25) is 9.59 Å². The number of unbranched alkanes of at least 4 members (excludes halogenated alkanes) is 18. The first kappa shape index (κ1) is 60.3. The minimum atomic E-state index is -0.790. The Morgan fingerprint density at radius 1 is 0.375 bits per heavy atom. The molecule has 1 N–H and O–H groups in total. The highest BCUT2D eigenvalue weighted by molar-refractivity contribution is 5.70. The van der Waals surface area contributed by atoms with Crippen LogP contribution in [-0.4, -0.2) is 36.4 Å². The van der Waals surface area contributed by atoms with Crippen LogP contribution in [0.3, 0.4) is 0 Å². The van der Waals surface area contributed by atoms with E-state index in [1.54, 1.807) is 0 Å². The molecule has 5 heteroatoms. The molecular weight excluding hydrogens is 789 g/mol. The van der Waals surface area contributed by atoms with Gasteiger partial charge < -0.3 is 14.6 Å². The highest BCUT2D eigenvalue weighted by atomic mass is 16.6. The van der Waals surface area contributed by atoms with Crippen molar-refractivity contribution in [3.05, 3.63) is 122 Å². The van der Waals surface area contributed by atoms with Gasteiger partial charge in [0.05, 0.1) is 6.61 Å². The second-order valence-corrected chi connectivity index (χ2v) is 16.9. The zero-order valence-corrected chi connectivity index (χ0v) is 41.2. The van der Waals surface area contributed by atoms with Crippen LogP contribution in [0.15, 0.2) is 122 Å². The van der Waals surface area contributed by atoms with Crippen molar-refractivity contribution in [2.45, 2.75) is 225 Å². The monoisotopic (exact) mass is 885 g/mol. The quantitative estimate of drug-likeness (QED) is 0.0375. The van der Waals surface area contributed by atoms with E-state index in [2.05, 4.69) is 135 Å². The van der Waals surface area contributed by atoms with E-state index in [0.29, 0.717) is 12.8 Å². The van der Waals surface area contributed by atoms with Gasteiger partial charge in [0.15, 0.2) is 6.10 Å². The molecule has 0 saturated carbocycles. The third kappa shape index (κ3) is 50.9. The first-order valence-electron chi connectivity index (χ1n) is 26.1. The number of allylic oxidation sites excluding steroid dienone is 20. The van der Waals surface area contributed by atoms with Crippen LogP contribution in [0.1, 0.15) is 219 Å². The van der Waals surface area contributed by atoms with Crippen LogP contribution >= 0.6 is 0 Å². The zero-order chi connectivity index (χ0) is 46.3. The number of aliphatic hydroxyl groups excluding tert-OH is 1. The number of rotatable bonds is 46. The number of ether oxygens (including phenoxy) is 2. The summed E-state index contributed by atoms with van der Waals surface area (Å²) in [5.41, 5.74) is 0. The average Bonchev–Trinajstić information content (AvgIpc) is 3.30. The lowest BCUT2D eigenvalue weighted by molar-refractivity contribution is -0.161. The van der Waals surface area contributed by atoms with Gasteiger partial charge in [0.25, 0.3) is 0 Å². The summed E-state index contributed by atoms with van der Waals surface area (Å²) in [4.78, 5) is 24.5. The molecule has 5 nitrogen and oxygen atoms in total. The number of esters is 2. The number of carbonyl (C=O) groups excluding carboxylic acids is 2. The molecule has 0 aromatic carbocycles. The lowest BCUT2D eigenvalue weighted by atomic mass is 10.1. The Hall–Kier alpha value is -3.70. The summed E-state index contributed by atoms with van der Waals surface area (Å²) >= 11 is 0. The maximum absolute atomic E-state index is 12.3. The Morgan fingerprint density at radius 3 is 1.02 bits per heavy atom. The van der Waals surface area contributed by atoms with E-state index in [4.69, 9.17) is 9.47 Å². The fraction of sp³-hybridized carbons (Fsp3) is 0.627. The van der Waals surface area contributed by atoms with E-state index >= 15 is 0 Å². The van der Waals surface area contributed by atoms with E-state index in [-0.39, 0.29) is 25.2 Å². The molecule has 0 bridgehead atoms. The third-order valence-corrected chi connectivity index (χ3v) is 10.7. The average molecular weight is 885 g/mol. The van der Waals surface area contributed by atoms with Crippen molar-refractivity contribution in [2.75, 3.05) is 13.2 Å². The summed E-state index contributed by atoms with van der Waals surface area (Å²) in [6.07, 6.45) is 78.5. The summed E-state index contributed by atoms with van der Waals surface area (Å²) in [5.74, 6) is -0.619. The van der Waals surface area contributed by atoms with Crippen LogP contribution in [0, 0.1) is 0 Å². The lowest BCUT2D eigenvalue weighted by Gasteiger charge is -2.15. The predicted octanol–water partition coefficient (Wildman–Crippen LogP) is 17.5. The third-order valence-electron chi connectivity index (χ3n) is 10.7. The van der Waals surface area contributed by atoms with Crippen LogP contribution < -0.4 is 0 Å². The molecule has 0 saturated heterocycles. The summed E-state index contributed by atoms with van der Waals surface area (Å²) in [6, 6.07) is 0. The van der Waals surface area contributed by atoms with E-state index in [1.165, 1.54) is 83.5 Å². The summed E-state index contributed by atoms with van der Waals surface area (Å²) in [6.45, 7) is 3.98. The molecule has 0 amide bonds. The molecule has 1 atom stereocenters. The molecule has 1 unspecified atom stereocenters. The van der Waals surface area contributed by atoms with Crippen LogP contribution in [-0.2, 0) is 19.1 Å². The Morgan fingerprint density at radius 2 is 0.672 bits per heavy atom. The standard InChI is InChI=1S/C59H96O5/c1-3-5-7-9-11-13-15-17-19-21-23-24-25-26-27-28-29-30-31-32-33-34-36-38-40-42-44-46-48-50-52-54-59(62)64-57(55-60)56-63-58(61)53-51-49-47-45-43-41-39-37-35-22-20-18-16-14-12-10-8-6-4-2/h5,7,11-14,17-20,23-24,26-27,29-30,32-33,35,37,57,60H,3-4,6,8-10,15-16,21-22,25,28,31,34,36,38-56H2,1-2H3/b7-5-,13-11-,14-12-,19-17-,20-18-,24-23-,27-26-,30-29-,33-32-,37-35-. The van der Waals surface area contributed by atoms with E-state index < -0.39 is 6.10 Å². The first-order chi connectivity index (χ1) is 31.6. The van der Waals surface area contributed by atoms with E-state index in [9.17, 15) is 14.7 Å². The Kier molecular flexibility index (Phi) is 50.5. The largest absolute Gasteiger partial charge is 0.462 e. The lowest BCUT2D eigenvalue weighted by Crippen LogP contribution is -2.28. The van der Waals surface area contributed by atoms with Crippen LogP contribution in [0.25, 0.3) is 0 Å². The van der Waals surface area contributed by atoms with Gasteiger partial charge in [0.1, 0.15) is 6.61 Å². The molecule has 0 aliphatic rings. The molecule has 0 heterocycles. The summed E-state index contributed by atoms with van der Waals surface area (Å²) in [5, 5.41) is 9.63. The molecule has 0 aromatic heterocycles. The number of hydrogen-bond donors (Lipinski definition) is 1. The van der Waals surface area contributed by atoms with Gasteiger partial charge in [-0.05, 0) is 109 Å². The van der Waals surface area contributed by atoms with Crippen LogP contribution in [0.5, 0.6) is 0 Å². The normalized spacial score (nSPS) is 13.2. The molecule has 64 heavy (non-hydrogen) atoms. The second-order valence-electron chi connectivity index (χ2n) is 16.9. The molecule has 0 rings (SSSR count). The van der Waals surface area contributed by atoms with Gasteiger partial charge in [-0.1, -0.05) is 219 Å². The molecule has 0 spiro atoms. The van der Waals surface area contributed by atoms with Gasteiger partial charge in [-0.25, -0.2) is 0 Å².